The summed E-state index contributed by atoms with van der Waals surface area (Å²) >= 11 is 0. The summed E-state index contributed by atoms with van der Waals surface area (Å²) in [4.78, 5) is 0. The molecule has 0 aromatic heterocycles. The molecule has 0 unspecified atom stereocenters. The maximum Gasteiger partial charge on any atom is -0.00201 e. The van der Waals surface area contributed by atoms with Gasteiger partial charge in [0.15, 0.2) is 0 Å². The second kappa shape index (κ2) is 11.8. The quantitative estimate of drug-likeness (QED) is 0.171. The van der Waals surface area contributed by atoms with Gasteiger partial charge in [0.25, 0.3) is 0 Å². The van der Waals surface area contributed by atoms with E-state index >= 15 is 0 Å². The van der Waals surface area contributed by atoms with E-state index in [4.69, 9.17) is 0 Å². The molecule has 0 aliphatic heterocycles. The molecule has 0 amide bonds. The lowest BCUT2D eigenvalue weighted by Crippen LogP contribution is -1.92. The zero-order valence-electron chi connectivity index (χ0n) is 26.5. The number of rotatable bonds is 5. The first kappa shape index (κ1) is 28.0. The van der Waals surface area contributed by atoms with Crippen LogP contribution in [0.1, 0.15) is 0 Å². The van der Waals surface area contributed by atoms with Crippen molar-refractivity contribution in [2.75, 3.05) is 0 Å². The molecule has 9 rings (SSSR count). The Hall–Kier alpha value is -6.24. The highest BCUT2D eigenvalue weighted by molar-refractivity contribution is 6.24. The van der Waals surface area contributed by atoms with Crippen molar-refractivity contribution in [1.82, 2.24) is 0 Å². The molecule has 224 valence electrons. The summed E-state index contributed by atoms with van der Waals surface area (Å²) in [6.07, 6.45) is 0. The van der Waals surface area contributed by atoms with Gasteiger partial charge in [-0.25, -0.2) is 0 Å². The maximum absolute atomic E-state index is 2.33. The van der Waals surface area contributed by atoms with Gasteiger partial charge in [0.1, 0.15) is 0 Å². The Kier molecular flexibility index (Phi) is 6.91. The minimum atomic E-state index is 1.22. The molecule has 9 aromatic carbocycles. The molecule has 0 N–H and O–H groups in total. The van der Waals surface area contributed by atoms with E-state index in [1.165, 1.54) is 88.0 Å². The SMILES string of the molecule is c1ccc(-c2ccc(-c3ccc(-c4c5ccccc5c(-c5ccc(-c6ccccc6)c6ccccc56)c5ccccc45)cc3)cc2)cc1. The van der Waals surface area contributed by atoms with Gasteiger partial charge in [0.05, 0.1) is 0 Å². The molecular formula is C48H32. The van der Waals surface area contributed by atoms with Crippen LogP contribution in [0.2, 0.25) is 0 Å². The van der Waals surface area contributed by atoms with Gasteiger partial charge >= 0.3 is 0 Å². The Labute approximate surface area is 281 Å². The number of fused-ring (bicyclic) bond motifs is 3. The van der Waals surface area contributed by atoms with Crippen molar-refractivity contribution in [2.45, 2.75) is 0 Å². The van der Waals surface area contributed by atoms with Crippen LogP contribution in [0, 0.1) is 0 Å². The van der Waals surface area contributed by atoms with Gasteiger partial charge < -0.3 is 0 Å². The van der Waals surface area contributed by atoms with E-state index in [0.29, 0.717) is 0 Å². The molecule has 0 heterocycles. The summed E-state index contributed by atoms with van der Waals surface area (Å²) in [5.74, 6) is 0. The Bertz CT molecular complexity index is 2500. The maximum atomic E-state index is 2.33. The van der Waals surface area contributed by atoms with E-state index in [0.717, 1.165) is 0 Å². The summed E-state index contributed by atoms with van der Waals surface area (Å²) in [5, 5.41) is 7.61. The van der Waals surface area contributed by atoms with Gasteiger partial charge in [-0.15, -0.1) is 0 Å². The first-order valence-corrected chi connectivity index (χ1v) is 16.6. The van der Waals surface area contributed by atoms with Gasteiger partial charge in [0, 0.05) is 0 Å². The van der Waals surface area contributed by atoms with Crippen molar-refractivity contribution < 1.29 is 0 Å². The van der Waals surface area contributed by atoms with Gasteiger partial charge in [0.2, 0.25) is 0 Å². The van der Waals surface area contributed by atoms with E-state index < -0.39 is 0 Å². The van der Waals surface area contributed by atoms with Crippen LogP contribution in [0.15, 0.2) is 194 Å². The minimum absolute atomic E-state index is 1.22. The van der Waals surface area contributed by atoms with Crippen LogP contribution in [0.5, 0.6) is 0 Å². The van der Waals surface area contributed by atoms with E-state index in [9.17, 15) is 0 Å². The highest BCUT2D eigenvalue weighted by atomic mass is 14.2. The van der Waals surface area contributed by atoms with E-state index in [1.807, 2.05) is 0 Å². The van der Waals surface area contributed by atoms with Gasteiger partial charge in [-0.1, -0.05) is 194 Å². The molecule has 0 atom stereocenters. The number of benzene rings is 9. The average Bonchev–Trinajstić information content (AvgIpc) is 3.17. The molecule has 0 radical (unpaired) electrons. The molecule has 0 fully saturated rings. The molecule has 48 heavy (non-hydrogen) atoms. The summed E-state index contributed by atoms with van der Waals surface area (Å²) in [5.41, 5.74) is 12.5. The molecule has 0 aliphatic carbocycles. The monoisotopic (exact) mass is 608 g/mol. The van der Waals surface area contributed by atoms with Crippen LogP contribution in [0.25, 0.3) is 88.0 Å². The fourth-order valence-corrected chi connectivity index (χ4v) is 7.43. The van der Waals surface area contributed by atoms with Crippen LogP contribution in [-0.2, 0) is 0 Å². The minimum Gasteiger partial charge on any atom is -0.0622 e. The predicted molar refractivity (Wildman–Crippen MR) is 206 cm³/mol. The van der Waals surface area contributed by atoms with Gasteiger partial charge in [-0.05, 0) is 88.0 Å². The average molecular weight is 609 g/mol. The summed E-state index contributed by atoms with van der Waals surface area (Å²) < 4.78 is 0. The van der Waals surface area contributed by atoms with E-state index in [-0.39, 0.29) is 0 Å². The van der Waals surface area contributed by atoms with Crippen LogP contribution < -0.4 is 0 Å². The van der Waals surface area contributed by atoms with Crippen molar-refractivity contribution >= 4 is 32.3 Å². The standard InChI is InChI=1S/C48H32/c1-3-13-33(14-4-1)34-23-25-35(26-24-34)36-27-29-38(30-28-36)47-42-19-9-11-21-44(42)48(45-22-12-10-20-43(45)47)46-32-31-39(37-15-5-2-6-16-37)40-17-7-8-18-41(40)46/h1-32H. The number of hydrogen-bond donors (Lipinski definition) is 0. The summed E-state index contributed by atoms with van der Waals surface area (Å²) in [6, 6.07) is 70.6. The zero-order valence-corrected chi connectivity index (χ0v) is 26.5. The third kappa shape index (κ3) is 4.78. The zero-order chi connectivity index (χ0) is 31.9. The van der Waals surface area contributed by atoms with Crippen molar-refractivity contribution in [3.8, 4) is 55.6 Å². The lowest BCUT2D eigenvalue weighted by atomic mass is 9.83. The Balaban J connectivity index is 1.20. The molecule has 0 saturated heterocycles. The molecule has 0 bridgehead atoms. The Morgan fingerprint density at radius 1 is 0.167 bits per heavy atom. The second-order valence-corrected chi connectivity index (χ2v) is 12.4. The normalized spacial score (nSPS) is 11.3. The van der Waals surface area contributed by atoms with Crippen molar-refractivity contribution in [2.24, 2.45) is 0 Å². The fraction of sp³-hybridized carbons (Fsp3) is 0. The van der Waals surface area contributed by atoms with E-state index in [2.05, 4.69) is 194 Å². The summed E-state index contributed by atoms with van der Waals surface area (Å²) in [7, 11) is 0. The van der Waals surface area contributed by atoms with Gasteiger partial charge in [-0.3, -0.25) is 0 Å². The van der Waals surface area contributed by atoms with E-state index in [1.54, 1.807) is 0 Å². The highest BCUT2D eigenvalue weighted by Gasteiger charge is 2.19. The molecule has 0 saturated carbocycles. The topological polar surface area (TPSA) is 0 Å². The lowest BCUT2D eigenvalue weighted by molar-refractivity contribution is 1.59. The molecular weight excluding hydrogens is 577 g/mol. The highest BCUT2D eigenvalue weighted by Crippen LogP contribution is 2.46. The molecule has 0 spiro atoms. The summed E-state index contributed by atoms with van der Waals surface area (Å²) in [6.45, 7) is 0. The van der Waals surface area contributed by atoms with Gasteiger partial charge in [-0.2, -0.15) is 0 Å². The van der Waals surface area contributed by atoms with Crippen molar-refractivity contribution in [3.63, 3.8) is 0 Å². The van der Waals surface area contributed by atoms with Crippen LogP contribution in [0.4, 0.5) is 0 Å². The van der Waals surface area contributed by atoms with Crippen LogP contribution in [-0.4, -0.2) is 0 Å². The first-order chi connectivity index (χ1) is 23.8. The number of hydrogen-bond acceptors (Lipinski definition) is 0. The third-order valence-corrected chi connectivity index (χ3v) is 9.71. The largest absolute Gasteiger partial charge is 0.0622 e. The Morgan fingerprint density at radius 3 is 0.958 bits per heavy atom. The molecule has 9 aromatic rings. The third-order valence-electron chi connectivity index (χ3n) is 9.71. The predicted octanol–water partition coefficient (Wildman–Crippen LogP) is 13.5. The first-order valence-electron chi connectivity index (χ1n) is 16.6. The van der Waals surface area contributed by atoms with Crippen molar-refractivity contribution in [3.05, 3.63) is 194 Å². The molecule has 0 aliphatic rings. The van der Waals surface area contributed by atoms with Crippen LogP contribution >= 0.6 is 0 Å². The second-order valence-electron chi connectivity index (χ2n) is 12.4. The lowest BCUT2D eigenvalue weighted by Gasteiger charge is -2.20. The Morgan fingerprint density at radius 2 is 0.479 bits per heavy atom. The van der Waals surface area contributed by atoms with Crippen molar-refractivity contribution in [1.29, 1.82) is 0 Å². The molecule has 0 heteroatoms. The molecule has 0 nitrogen and oxygen atoms in total. The van der Waals surface area contributed by atoms with Crippen LogP contribution in [0.3, 0.4) is 0 Å². The smallest absolute Gasteiger partial charge is 0.00201 e. The fourth-order valence-electron chi connectivity index (χ4n) is 7.43.